The molecular formula is C13H11ClN2O2. The van der Waals surface area contributed by atoms with Gasteiger partial charge in [-0.05, 0) is 37.5 Å². The molecule has 0 atom stereocenters. The number of amides is 2. The summed E-state index contributed by atoms with van der Waals surface area (Å²) in [6.45, 7) is 0. The molecule has 0 spiro atoms. The summed E-state index contributed by atoms with van der Waals surface area (Å²) in [6.07, 6.45) is 2.21. The minimum absolute atomic E-state index is 0.132. The van der Waals surface area contributed by atoms with Gasteiger partial charge in [0.15, 0.2) is 0 Å². The first-order valence-corrected chi connectivity index (χ1v) is 6.29. The third kappa shape index (κ3) is 1.02. The molecular weight excluding hydrogens is 252 g/mol. The molecule has 3 aliphatic carbocycles. The summed E-state index contributed by atoms with van der Waals surface area (Å²) >= 11 is 5.88. The number of nitrogens with two attached hydrogens (primary N) is 1. The zero-order valence-corrected chi connectivity index (χ0v) is 10.3. The van der Waals surface area contributed by atoms with E-state index in [1.54, 1.807) is 18.2 Å². The van der Waals surface area contributed by atoms with Crippen molar-refractivity contribution in [2.45, 2.75) is 30.3 Å². The second-order valence-corrected chi connectivity index (χ2v) is 6.19. The van der Waals surface area contributed by atoms with Gasteiger partial charge in [0.05, 0.1) is 16.7 Å². The summed E-state index contributed by atoms with van der Waals surface area (Å²) in [5.74, 6) is -0.423. The largest absolute Gasteiger partial charge is 0.325 e. The quantitative estimate of drug-likeness (QED) is 0.782. The number of nitrogens with zero attached hydrogens (tertiary/aromatic N) is 1. The van der Waals surface area contributed by atoms with E-state index in [0.29, 0.717) is 16.1 Å². The van der Waals surface area contributed by atoms with E-state index in [1.165, 1.54) is 4.90 Å². The fourth-order valence-corrected chi connectivity index (χ4v) is 3.86. The van der Waals surface area contributed by atoms with Crippen LogP contribution in [-0.4, -0.2) is 27.8 Å². The summed E-state index contributed by atoms with van der Waals surface area (Å²) in [7, 11) is 0. The number of imide groups is 1. The predicted octanol–water partition coefficient (Wildman–Crippen LogP) is 1.57. The molecule has 2 amide bonds. The fraction of sp³-hybridized carbons (Fsp3) is 0.385. The van der Waals surface area contributed by atoms with E-state index in [-0.39, 0.29) is 22.9 Å². The zero-order valence-electron chi connectivity index (χ0n) is 9.57. The fourth-order valence-electron chi connectivity index (χ4n) is 3.69. The molecule has 0 radical (unpaired) electrons. The lowest BCUT2D eigenvalue weighted by Crippen LogP contribution is -2.82. The predicted molar refractivity (Wildman–Crippen MR) is 65.5 cm³/mol. The van der Waals surface area contributed by atoms with Crippen LogP contribution in [0.5, 0.6) is 0 Å². The first-order chi connectivity index (χ1) is 8.44. The molecule has 1 aliphatic heterocycles. The molecule has 0 saturated heterocycles. The molecule has 2 bridgehead atoms. The number of carbonyl (C=O) groups is 2. The van der Waals surface area contributed by atoms with Crippen LogP contribution in [0, 0.1) is 0 Å². The van der Waals surface area contributed by atoms with Gasteiger partial charge >= 0.3 is 0 Å². The molecule has 3 fully saturated rings. The maximum atomic E-state index is 12.3. The monoisotopic (exact) mass is 262 g/mol. The average Bonchev–Trinajstić information content (AvgIpc) is 2.47. The van der Waals surface area contributed by atoms with Gasteiger partial charge in [0.2, 0.25) is 0 Å². The number of fused-ring (bicyclic) bond motifs is 1. The third-order valence-corrected chi connectivity index (χ3v) is 4.60. The minimum Gasteiger partial charge on any atom is -0.325 e. The third-order valence-electron chi connectivity index (χ3n) is 4.37. The van der Waals surface area contributed by atoms with Gasteiger partial charge in [-0.1, -0.05) is 11.6 Å². The molecule has 2 N–H and O–H groups in total. The maximum Gasteiger partial charge on any atom is 0.262 e. The standard InChI is InChI=1S/C13H11ClN2O2/c14-7-1-2-8-9(3-7)11(18)16(10(8)17)13-4-12(15,5-13)6-13/h1-3H,4-6,15H2. The molecule has 1 heterocycles. The van der Waals surface area contributed by atoms with E-state index >= 15 is 0 Å². The minimum atomic E-state index is -0.311. The highest BCUT2D eigenvalue weighted by Gasteiger charge is 2.71. The molecule has 18 heavy (non-hydrogen) atoms. The first kappa shape index (κ1) is 10.5. The van der Waals surface area contributed by atoms with E-state index in [9.17, 15) is 9.59 Å². The van der Waals surface area contributed by atoms with Crippen molar-refractivity contribution in [2.24, 2.45) is 5.73 Å². The SMILES string of the molecule is NC12CC(N3C(=O)c4ccc(Cl)cc4C3=O)(C1)C2. The van der Waals surface area contributed by atoms with Crippen LogP contribution < -0.4 is 5.73 Å². The van der Waals surface area contributed by atoms with Crippen molar-refractivity contribution in [2.75, 3.05) is 0 Å². The van der Waals surface area contributed by atoms with E-state index in [0.717, 1.165) is 19.3 Å². The van der Waals surface area contributed by atoms with Gasteiger partial charge in [-0.2, -0.15) is 0 Å². The van der Waals surface area contributed by atoms with Gasteiger partial charge < -0.3 is 5.73 Å². The molecule has 0 unspecified atom stereocenters. The Balaban J connectivity index is 1.78. The average molecular weight is 263 g/mol. The van der Waals surface area contributed by atoms with Crippen LogP contribution in [0.2, 0.25) is 5.02 Å². The van der Waals surface area contributed by atoms with Gasteiger partial charge in [-0.3, -0.25) is 14.5 Å². The lowest BCUT2D eigenvalue weighted by molar-refractivity contribution is -0.126. The maximum absolute atomic E-state index is 12.3. The van der Waals surface area contributed by atoms with Crippen LogP contribution in [-0.2, 0) is 0 Å². The van der Waals surface area contributed by atoms with Crippen molar-refractivity contribution >= 4 is 23.4 Å². The Morgan fingerprint density at radius 3 is 2.33 bits per heavy atom. The van der Waals surface area contributed by atoms with E-state index in [2.05, 4.69) is 0 Å². The molecule has 4 aliphatic rings. The Morgan fingerprint density at radius 1 is 1.11 bits per heavy atom. The summed E-state index contributed by atoms with van der Waals surface area (Å²) in [6, 6.07) is 4.84. The van der Waals surface area contributed by atoms with Gasteiger partial charge in [0.25, 0.3) is 11.8 Å². The molecule has 1 aromatic carbocycles. The normalized spacial score (nSPS) is 36.2. The van der Waals surface area contributed by atoms with Crippen molar-refractivity contribution in [3.05, 3.63) is 34.3 Å². The van der Waals surface area contributed by atoms with Gasteiger partial charge in [-0.25, -0.2) is 0 Å². The number of benzene rings is 1. The van der Waals surface area contributed by atoms with Gasteiger partial charge in [0.1, 0.15) is 0 Å². The lowest BCUT2D eigenvalue weighted by atomic mass is 9.44. The van der Waals surface area contributed by atoms with Crippen molar-refractivity contribution in [3.63, 3.8) is 0 Å². The van der Waals surface area contributed by atoms with Crippen LogP contribution in [0.25, 0.3) is 0 Å². The highest BCUT2D eigenvalue weighted by Crippen LogP contribution is 2.63. The Morgan fingerprint density at radius 2 is 1.72 bits per heavy atom. The summed E-state index contributed by atoms with van der Waals surface area (Å²) in [4.78, 5) is 26.0. The highest BCUT2D eigenvalue weighted by molar-refractivity contribution is 6.32. The molecule has 1 aromatic rings. The molecule has 3 saturated carbocycles. The second-order valence-electron chi connectivity index (χ2n) is 5.75. The van der Waals surface area contributed by atoms with Crippen LogP contribution in [0.4, 0.5) is 0 Å². The second kappa shape index (κ2) is 2.78. The summed E-state index contributed by atoms with van der Waals surface area (Å²) in [5.41, 5.74) is 6.43. The Bertz CT molecular complexity index is 606. The number of carbonyl (C=O) groups excluding carboxylic acids is 2. The molecule has 0 aromatic heterocycles. The summed E-state index contributed by atoms with van der Waals surface area (Å²) < 4.78 is 0. The Hall–Kier alpha value is -1.39. The first-order valence-electron chi connectivity index (χ1n) is 5.92. The Kier molecular flexibility index (Phi) is 1.63. The van der Waals surface area contributed by atoms with Crippen LogP contribution in [0.15, 0.2) is 18.2 Å². The van der Waals surface area contributed by atoms with Crippen LogP contribution in [0.1, 0.15) is 40.0 Å². The van der Waals surface area contributed by atoms with Crippen molar-refractivity contribution in [3.8, 4) is 0 Å². The number of halogens is 1. The van der Waals surface area contributed by atoms with E-state index in [4.69, 9.17) is 17.3 Å². The van der Waals surface area contributed by atoms with E-state index < -0.39 is 0 Å². The number of hydrogen-bond acceptors (Lipinski definition) is 3. The van der Waals surface area contributed by atoms with Crippen molar-refractivity contribution in [1.82, 2.24) is 4.90 Å². The van der Waals surface area contributed by atoms with Gasteiger partial charge in [-0.15, -0.1) is 0 Å². The molecule has 5 rings (SSSR count). The molecule has 4 nitrogen and oxygen atoms in total. The van der Waals surface area contributed by atoms with Gasteiger partial charge in [0, 0.05) is 10.6 Å². The van der Waals surface area contributed by atoms with Crippen LogP contribution >= 0.6 is 11.6 Å². The summed E-state index contributed by atoms with van der Waals surface area (Å²) in [5, 5.41) is 0.477. The smallest absolute Gasteiger partial charge is 0.262 e. The zero-order chi connectivity index (χ0) is 12.7. The van der Waals surface area contributed by atoms with Crippen molar-refractivity contribution < 1.29 is 9.59 Å². The number of rotatable bonds is 1. The topological polar surface area (TPSA) is 63.4 Å². The molecule has 5 heteroatoms. The lowest BCUT2D eigenvalue weighted by Gasteiger charge is -2.70. The van der Waals surface area contributed by atoms with Crippen LogP contribution in [0.3, 0.4) is 0 Å². The highest BCUT2D eigenvalue weighted by atomic mass is 35.5. The molecule has 92 valence electrons. The van der Waals surface area contributed by atoms with E-state index in [1.807, 2.05) is 0 Å². The number of hydrogen-bond donors (Lipinski definition) is 1. The van der Waals surface area contributed by atoms with Crippen molar-refractivity contribution in [1.29, 1.82) is 0 Å². The Labute approximate surface area is 109 Å².